The zero-order valence-corrected chi connectivity index (χ0v) is 10.4. The van der Waals surface area contributed by atoms with Crippen LogP contribution in [0.5, 0.6) is 0 Å². The van der Waals surface area contributed by atoms with Gasteiger partial charge in [0, 0.05) is 0 Å². The number of unbranched alkanes of at least 4 members (excludes halogenated alkanes) is 1. The molecular formula is C13H28O. The normalized spacial score (nSPS) is 15.9. The Balaban J connectivity index is 3.68. The van der Waals surface area contributed by atoms with E-state index in [1.165, 1.54) is 25.7 Å². The van der Waals surface area contributed by atoms with E-state index < -0.39 is 0 Å². The fraction of sp³-hybridized carbons (Fsp3) is 1.00. The minimum Gasteiger partial charge on any atom is -0.393 e. The minimum atomic E-state index is -0.0724. The number of aliphatic hydroxyl groups is 1. The molecule has 0 aliphatic heterocycles. The van der Waals surface area contributed by atoms with Gasteiger partial charge < -0.3 is 5.11 Å². The Labute approximate surface area is 89.9 Å². The summed E-state index contributed by atoms with van der Waals surface area (Å²) in [7, 11) is 0. The second-order valence-corrected chi connectivity index (χ2v) is 4.94. The van der Waals surface area contributed by atoms with Gasteiger partial charge in [-0.3, -0.25) is 0 Å². The summed E-state index contributed by atoms with van der Waals surface area (Å²) in [4.78, 5) is 0. The van der Waals surface area contributed by atoms with Crippen molar-refractivity contribution in [3.8, 4) is 0 Å². The molecule has 0 aliphatic rings. The van der Waals surface area contributed by atoms with Crippen molar-refractivity contribution in [3.05, 3.63) is 0 Å². The van der Waals surface area contributed by atoms with Gasteiger partial charge in [0.2, 0.25) is 0 Å². The van der Waals surface area contributed by atoms with Gasteiger partial charge in [0.25, 0.3) is 0 Å². The van der Waals surface area contributed by atoms with Crippen molar-refractivity contribution in [2.24, 2.45) is 11.8 Å². The Bertz CT molecular complexity index is 120. The lowest BCUT2D eigenvalue weighted by atomic mass is 9.90. The van der Waals surface area contributed by atoms with Gasteiger partial charge in [0.1, 0.15) is 0 Å². The van der Waals surface area contributed by atoms with Crippen molar-refractivity contribution in [1.82, 2.24) is 0 Å². The maximum Gasteiger partial charge on any atom is 0.0545 e. The maximum atomic E-state index is 9.82. The van der Waals surface area contributed by atoms with Crippen molar-refractivity contribution in [3.63, 3.8) is 0 Å². The van der Waals surface area contributed by atoms with Crippen LogP contribution in [-0.2, 0) is 0 Å². The van der Waals surface area contributed by atoms with Crippen molar-refractivity contribution in [2.75, 3.05) is 0 Å². The Morgan fingerprint density at radius 1 is 1.07 bits per heavy atom. The molecule has 0 aromatic rings. The van der Waals surface area contributed by atoms with Crippen LogP contribution in [0.3, 0.4) is 0 Å². The highest BCUT2D eigenvalue weighted by Crippen LogP contribution is 2.21. The lowest BCUT2D eigenvalue weighted by Crippen LogP contribution is -2.15. The first-order valence-corrected chi connectivity index (χ1v) is 6.28. The molecule has 0 heterocycles. The smallest absolute Gasteiger partial charge is 0.0545 e. The lowest BCUT2D eigenvalue weighted by molar-refractivity contribution is 0.115. The molecule has 0 aliphatic carbocycles. The molecular weight excluding hydrogens is 172 g/mol. The summed E-state index contributed by atoms with van der Waals surface area (Å²) >= 11 is 0. The van der Waals surface area contributed by atoms with Crippen LogP contribution >= 0.6 is 0 Å². The largest absolute Gasteiger partial charge is 0.393 e. The van der Waals surface area contributed by atoms with Crippen LogP contribution in [0.2, 0.25) is 0 Å². The van der Waals surface area contributed by atoms with Crippen LogP contribution in [-0.4, -0.2) is 11.2 Å². The molecule has 14 heavy (non-hydrogen) atoms. The third kappa shape index (κ3) is 7.37. The standard InChI is InChI=1S/C13H28O/c1-5-7-8-12(6-2)10-13(14)9-11(3)4/h11-14H,5-10H2,1-4H3. The number of hydrogen-bond donors (Lipinski definition) is 1. The molecule has 1 heteroatoms. The molecule has 0 radical (unpaired) electrons. The highest BCUT2D eigenvalue weighted by Gasteiger charge is 2.13. The highest BCUT2D eigenvalue weighted by molar-refractivity contribution is 4.65. The molecule has 1 nitrogen and oxygen atoms in total. The summed E-state index contributed by atoms with van der Waals surface area (Å²) in [5.74, 6) is 1.36. The van der Waals surface area contributed by atoms with E-state index in [4.69, 9.17) is 0 Å². The lowest BCUT2D eigenvalue weighted by Gasteiger charge is -2.19. The first kappa shape index (κ1) is 14.0. The van der Waals surface area contributed by atoms with Crippen molar-refractivity contribution in [1.29, 1.82) is 0 Å². The van der Waals surface area contributed by atoms with Crippen molar-refractivity contribution < 1.29 is 5.11 Å². The van der Waals surface area contributed by atoms with Gasteiger partial charge in [-0.15, -0.1) is 0 Å². The van der Waals surface area contributed by atoms with Crippen LogP contribution in [0.4, 0.5) is 0 Å². The summed E-state index contributed by atoms with van der Waals surface area (Å²) in [6.07, 6.45) is 7.00. The Morgan fingerprint density at radius 3 is 2.14 bits per heavy atom. The van der Waals surface area contributed by atoms with E-state index in [1.807, 2.05) is 0 Å². The minimum absolute atomic E-state index is 0.0724. The summed E-state index contributed by atoms with van der Waals surface area (Å²) in [5.41, 5.74) is 0. The van der Waals surface area contributed by atoms with Gasteiger partial charge in [-0.1, -0.05) is 53.4 Å². The molecule has 86 valence electrons. The molecule has 0 rings (SSSR count). The molecule has 0 bridgehead atoms. The SMILES string of the molecule is CCCCC(CC)CC(O)CC(C)C. The maximum absolute atomic E-state index is 9.82. The molecule has 0 saturated carbocycles. The molecule has 0 amide bonds. The Hall–Kier alpha value is -0.0400. The predicted molar refractivity (Wildman–Crippen MR) is 63.4 cm³/mol. The van der Waals surface area contributed by atoms with E-state index in [9.17, 15) is 5.11 Å². The summed E-state index contributed by atoms with van der Waals surface area (Å²) in [5, 5.41) is 9.82. The molecule has 1 N–H and O–H groups in total. The van der Waals surface area contributed by atoms with Crippen LogP contribution < -0.4 is 0 Å². The molecule has 2 atom stereocenters. The summed E-state index contributed by atoms with van der Waals surface area (Å²) < 4.78 is 0. The number of hydrogen-bond acceptors (Lipinski definition) is 1. The van der Waals surface area contributed by atoms with Crippen molar-refractivity contribution >= 4 is 0 Å². The van der Waals surface area contributed by atoms with Gasteiger partial charge in [-0.25, -0.2) is 0 Å². The molecule has 2 unspecified atom stereocenters. The predicted octanol–water partition coefficient (Wildman–Crippen LogP) is 4.00. The van der Waals surface area contributed by atoms with Crippen LogP contribution in [0.25, 0.3) is 0 Å². The second-order valence-electron chi connectivity index (χ2n) is 4.94. The average Bonchev–Trinajstić information content (AvgIpc) is 2.10. The zero-order valence-electron chi connectivity index (χ0n) is 10.4. The summed E-state index contributed by atoms with van der Waals surface area (Å²) in [6.45, 7) is 8.83. The van der Waals surface area contributed by atoms with E-state index in [2.05, 4.69) is 27.7 Å². The van der Waals surface area contributed by atoms with E-state index >= 15 is 0 Å². The topological polar surface area (TPSA) is 20.2 Å². The zero-order chi connectivity index (χ0) is 11.0. The van der Waals surface area contributed by atoms with Gasteiger partial charge in [0.15, 0.2) is 0 Å². The third-order valence-corrected chi connectivity index (χ3v) is 2.89. The molecule has 0 aromatic heterocycles. The molecule has 0 saturated heterocycles. The van der Waals surface area contributed by atoms with Gasteiger partial charge in [-0.05, 0) is 24.7 Å². The average molecular weight is 200 g/mol. The number of aliphatic hydroxyl groups excluding tert-OH is 1. The van der Waals surface area contributed by atoms with E-state index in [-0.39, 0.29) is 6.10 Å². The molecule has 0 spiro atoms. The van der Waals surface area contributed by atoms with Crippen molar-refractivity contribution in [2.45, 2.75) is 72.3 Å². The first-order chi connectivity index (χ1) is 6.60. The fourth-order valence-corrected chi connectivity index (χ4v) is 2.01. The Kier molecular flexibility index (Phi) is 8.26. The van der Waals surface area contributed by atoms with Crippen LogP contribution in [0.1, 0.15) is 66.2 Å². The van der Waals surface area contributed by atoms with E-state index in [0.717, 1.165) is 18.8 Å². The fourth-order valence-electron chi connectivity index (χ4n) is 2.01. The van der Waals surface area contributed by atoms with Gasteiger partial charge in [-0.2, -0.15) is 0 Å². The molecule has 0 fully saturated rings. The Morgan fingerprint density at radius 2 is 1.71 bits per heavy atom. The van der Waals surface area contributed by atoms with Crippen LogP contribution in [0.15, 0.2) is 0 Å². The third-order valence-electron chi connectivity index (χ3n) is 2.89. The van der Waals surface area contributed by atoms with Crippen LogP contribution in [0, 0.1) is 11.8 Å². The summed E-state index contributed by atoms with van der Waals surface area (Å²) in [6, 6.07) is 0. The monoisotopic (exact) mass is 200 g/mol. The first-order valence-electron chi connectivity index (χ1n) is 6.28. The second kappa shape index (κ2) is 8.28. The molecule has 0 aromatic carbocycles. The van der Waals surface area contributed by atoms with Gasteiger partial charge in [0.05, 0.1) is 6.10 Å². The highest BCUT2D eigenvalue weighted by atomic mass is 16.3. The van der Waals surface area contributed by atoms with E-state index in [1.54, 1.807) is 0 Å². The van der Waals surface area contributed by atoms with E-state index in [0.29, 0.717) is 5.92 Å². The number of rotatable bonds is 8. The van der Waals surface area contributed by atoms with Gasteiger partial charge >= 0.3 is 0 Å². The quantitative estimate of drug-likeness (QED) is 0.628.